The van der Waals surface area contributed by atoms with Crippen LogP contribution in [0.2, 0.25) is 0 Å². The summed E-state index contributed by atoms with van der Waals surface area (Å²) in [7, 11) is 3.06. The number of hydrogen-bond donors (Lipinski definition) is 3. The Labute approximate surface area is 130 Å². The summed E-state index contributed by atoms with van der Waals surface area (Å²) in [5.74, 6) is -0.698. The molecule has 0 bridgehead atoms. The SMILES string of the molecule is CNC(=O)NC(=O)C(C)N(C)CC(=O)Nc1ccc(C)cc1. The number of hydrogen-bond acceptors (Lipinski definition) is 4. The number of anilines is 1. The number of likely N-dealkylation sites (N-methyl/N-ethyl adjacent to an activating group) is 1. The number of urea groups is 1. The minimum atomic E-state index is -0.610. The van der Waals surface area contributed by atoms with Crippen LogP contribution in [0.5, 0.6) is 0 Å². The van der Waals surface area contributed by atoms with Crippen LogP contribution in [-0.4, -0.2) is 49.4 Å². The summed E-state index contributed by atoms with van der Waals surface area (Å²) in [5, 5.41) is 7.23. The number of nitrogens with one attached hydrogen (secondary N) is 3. The van der Waals surface area contributed by atoms with E-state index in [-0.39, 0.29) is 12.5 Å². The molecule has 0 aliphatic carbocycles. The monoisotopic (exact) mass is 306 g/mol. The second-order valence-corrected chi connectivity index (χ2v) is 5.07. The van der Waals surface area contributed by atoms with Crippen molar-refractivity contribution < 1.29 is 14.4 Å². The summed E-state index contributed by atoms with van der Waals surface area (Å²) >= 11 is 0. The smallest absolute Gasteiger partial charge is 0.321 e. The van der Waals surface area contributed by atoms with Gasteiger partial charge in [-0.15, -0.1) is 0 Å². The molecular formula is C15H22N4O3. The van der Waals surface area contributed by atoms with E-state index >= 15 is 0 Å². The summed E-state index contributed by atoms with van der Waals surface area (Å²) in [6.45, 7) is 3.62. The van der Waals surface area contributed by atoms with Crippen molar-refractivity contribution in [2.45, 2.75) is 19.9 Å². The zero-order valence-corrected chi connectivity index (χ0v) is 13.3. The maximum Gasteiger partial charge on any atom is 0.321 e. The standard InChI is InChI=1S/C15H22N4O3/c1-10-5-7-12(8-6-10)17-13(20)9-19(4)11(2)14(21)18-15(22)16-3/h5-8,11H,9H2,1-4H3,(H,17,20)(H2,16,18,21,22). The summed E-state index contributed by atoms with van der Waals surface area (Å²) < 4.78 is 0. The lowest BCUT2D eigenvalue weighted by Gasteiger charge is -2.22. The van der Waals surface area contributed by atoms with Gasteiger partial charge in [0, 0.05) is 12.7 Å². The maximum absolute atomic E-state index is 11.9. The molecule has 22 heavy (non-hydrogen) atoms. The van der Waals surface area contributed by atoms with Gasteiger partial charge in [-0.1, -0.05) is 17.7 Å². The molecule has 120 valence electrons. The number of amides is 4. The van der Waals surface area contributed by atoms with Crippen molar-refractivity contribution >= 4 is 23.5 Å². The van der Waals surface area contributed by atoms with Crippen molar-refractivity contribution in [2.75, 3.05) is 26.0 Å². The molecular weight excluding hydrogens is 284 g/mol. The second-order valence-electron chi connectivity index (χ2n) is 5.07. The number of imide groups is 1. The Morgan fingerprint density at radius 2 is 1.77 bits per heavy atom. The van der Waals surface area contributed by atoms with Crippen LogP contribution >= 0.6 is 0 Å². The fourth-order valence-corrected chi connectivity index (χ4v) is 1.68. The van der Waals surface area contributed by atoms with Crippen molar-refractivity contribution in [1.29, 1.82) is 0 Å². The third kappa shape index (κ3) is 5.53. The average molecular weight is 306 g/mol. The van der Waals surface area contributed by atoms with E-state index in [1.165, 1.54) is 7.05 Å². The predicted molar refractivity (Wildman–Crippen MR) is 84.5 cm³/mol. The molecule has 0 fully saturated rings. The second kappa shape index (κ2) is 8.14. The topological polar surface area (TPSA) is 90.5 Å². The molecule has 0 aliphatic heterocycles. The van der Waals surface area contributed by atoms with Crippen molar-refractivity contribution in [3.63, 3.8) is 0 Å². The Kier molecular flexibility index (Phi) is 6.52. The summed E-state index contributed by atoms with van der Waals surface area (Å²) in [5.41, 5.74) is 1.81. The molecule has 0 heterocycles. The highest BCUT2D eigenvalue weighted by Crippen LogP contribution is 2.08. The number of aryl methyl sites for hydroxylation is 1. The molecule has 1 atom stereocenters. The third-order valence-corrected chi connectivity index (χ3v) is 3.23. The van der Waals surface area contributed by atoms with Gasteiger partial charge in [-0.2, -0.15) is 0 Å². The highest BCUT2D eigenvalue weighted by molar-refractivity contribution is 5.97. The van der Waals surface area contributed by atoms with Crippen LogP contribution in [0.15, 0.2) is 24.3 Å². The van der Waals surface area contributed by atoms with Crippen LogP contribution in [-0.2, 0) is 9.59 Å². The van der Waals surface area contributed by atoms with Gasteiger partial charge in [-0.3, -0.25) is 19.8 Å². The van der Waals surface area contributed by atoms with E-state index in [9.17, 15) is 14.4 Å². The molecule has 1 aromatic carbocycles. The van der Waals surface area contributed by atoms with Crippen LogP contribution in [0.4, 0.5) is 10.5 Å². The Morgan fingerprint density at radius 1 is 1.18 bits per heavy atom. The minimum Gasteiger partial charge on any atom is -0.341 e. The van der Waals surface area contributed by atoms with Gasteiger partial charge in [0.15, 0.2) is 0 Å². The Morgan fingerprint density at radius 3 is 2.32 bits per heavy atom. The van der Waals surface area contributed by atoms with E-state index in [1.807, 2.05) is 31.2 Å². The van der Waals surface area contributed by atoms with E-state index in [2.05, 4.69) is 16.0 Å². The van der Waals surface area contributed by atoms with Crippen LogP contribution in [0.1, 0.15) is 12.5 Å². The number of carbonyl (C=O) groups is 3. The number of carbonyl (C=O) groups excluding carboxylic acids is 3. The van der Waals surface area contributed by atoms with Gasteiger partial charge < -0.3 is 10.6 Å². The third-order valence-electron chi connectivity index (χ3n) is 3.23. The maximum atomic E-state index is 11.9. The number of benzene rings is 1. The van der Waals surface area contributed by atoms with Crippen molar-refractivity contribution in [3.05, 3.63) is 29.8 Å². The zero-order chi connectivity index (χ0) is 16.7. The Bertz CT molecular complexity index is 542. The first kappa shape index (κ1) is 17.6. The molecule has 0 aliphatic rings. The molecule has 4 amide bonds. The molecule has 7 nitrogen and oxygen atoms in total. The van der Waals surface area contributed by atoms with E-state index in [4.69, 9.17) is 0 Å². The van der Waals surface area contributed by atoms with E-state index in [1.54, 1.807) is 18.9 Å². The minimum absolute atomic E-state index is 0.0379. The molecule has 0 saturated carbocycles. The molecule has 0 radical (unpaired) electrons. The fourth-order valence-electron chi connectivity index (χ4n) is 1.68. The highest BCUT2D eigenvalue weighted by Gasteiger charge is 2.21. The van der Waals surface area contributed by atoms with E-state index in [0.717, 1.165) is 5.56 Å². The number of nitrogens with zero attached hydrogens (tertiary/aromatic N) is 1. The molecule has 0 spiro atoms. The van der Waals surface area contributed by atoms with Crippen molar-refractivity contribution in [3.8, 4) is 0 Å². The molecule has 0 aromatic heterocycles. The predicted octanol–water partition coefficient (Wildman–Crippen LogP) is 0.709. The molecule has 1 unspecified atom stereocenters. The van der Waals surface area contributed by atoms with Crippen LogP contribution in [0.3, 0.4) is 0 Å². The number of rotatable bonds is 5. The van der Waals surface area contributed by atoms with Gasteiger partial charge in [0.2, 0.25) is 11.8 Å². The molecule has 1 rings (SSSR count). The van der Waals surface area contributed by atoms with Gasteiger partial charge >= 0.3 is 6.03 Å². The first-order valence-electron chi connectivity index (χ1n) is 6.92. The molecule has 3 N–H and O–H groups in total. The van der Waals surface area contributed by atoms with Gasteiger partial charge in [0.05, 0.1) is 12.6 Å². The van der Waals surface area contributed by atoms with Gasteiger partial charge in [-0.05, 0) is 33.0 Å². The van der Waals surface area contributed by atoms with Gasteiger partial charge in [0.25, 0.3) is 0 Å². The van der Waals surface area contributed by atoms with Gasteiger partial charge in [-0.25, -0.2) is 4.79 Å². The largest absolute Gasteiger partial charge is 0.341 e. The average Bonchev–Trinajstić information content (AvgIpc) is 2.48. The first-order valence-corrected chi connectivity index (χ1v) is 6.92. The summed E-state index contributed by atoms with van der Waals surface area (Å²) in [6.07, 6.45) is 0. The lowest BCUT2D eigenvalue weighted by atomic mass is 10.2. The van der Waals surface area contributed by atoms with E-state index in [0.29, 0.717) is 5.69 Å². The van der Waals surface area contributed by atoms with Gasteiger partial charge in [0.1, 0.15) is 0 Å². The zero-order valence-electron chi connectivity index (χ0n) is 13.3. The highest BCUT2D eigenvalue weighted by atomic mass is 16.2. The van der Waals surface area contributed by atoms with Crippen LogP contribution in [0.25, 0.3) is 0 Å². The quantitative estimate of drug-likeness (QED) is 0.747. The normalized spacial score (nSPS) is 11.7. The van der Waals surface area contributed by atoms with E-state index < -0.39 is 18.0 Å². The molecule has 0 saturated heterocycles. The molecule has 7 heteroatoms. The van der Waals surface area contributed by atoms with Crippen molar-refractivity contribution in [2.24, 2.45) is 0 Å². The van der Waals surface area contributed by atoms with Crippen LogP contribution < -0.4 is 16.0 Å². The summed E-state index contributed by atoms with van der Waals surface area (Å²) in [4.78, 5) is 36.4. The lowest BCUT2D eigenvalue weighted by molar-refractivity contribution is -0.125. The molecule has 1 aromatic rings. The first-order chi connectivity index (χ1) is 10.3. The van der Waals surface area contributed by atoms with Crippen molar-refractivity contribution in [1.82, 2.24) is 15.5 Å². The fraction of sp³-hybridized carbons (Fsp3) is 0.400. The Hall–Kier alpha value is -2.41. The van der Waals surface area contributed by atoms with Crippen LogP contribution in [0, 0.1) is 6.92 Å². The Balaban J connectivity index is 2.50. The lowest BCUT2D eigenvalue weighted by Crippen LogP contribution is -2.49. The summed E-state index contributed by atoms with van der Waals surface area (Å²) in [6, 6.07) is 6.25.